The highest BCUT2D eigenvalue weighted by Gasteiger charge is 2.33. The van der Waals surface area contributed by atoms with E-state index in [1.165, 1.54) is 0 Å². The molecule has 0 spiro atoms. The lowest BCUT2D eigenvalue weighted by Crippen LogP contribution is -2.48. The second kappa shape index (κ2) is 9.82. The third kappa shape index (κ3) is 6.44. The van der Waals surface area contributed by atoms with Crippen molar-refractivity contribution >= 4 is 12.1 Å². The van der Waals surface area contributed by atoms with E-state index in [0.717, 1.165) is 24.2 Å². The Morgan fingerprint density at radius 3 is 2.64 bits per heavy atom. The van der Waals surface area contributed by atoms with E-state index < -0.39 is 11.7 Å². The van der Waals surface area contributed by atoms with Crippen LogP contribution in [0.5, 0.6) is 0 Å². The molecule has 158 valence electrons. The SMILES string of the molecule is CCNC(=NCC(C)(O)c1cc(C)oc1C)NCC(NC(=O)OCC)C1CC1. The Labute approximate surface area is 167 Å². The molecule has 8 heteroatoms. The number of guanidine groups is 1. The van der Waals surface area contributed by atoms with Gasteiger partial charge in [-0.05, 0) is 59.4 Å². The number of nitrogens with zero attached hydrogens (tertiary/aromatic N) is 1. The van der Waals surface area contributed by atoms with Crippen LogP contribution >= 0.6 is 0 Å². The van der Waals surface area contributed by atoms with Gasteiger partial charge in [0.15, 0.2) is 5.96 Å². The predicted octanol–water partition coefficient (Wildman–Crippen LogP) is 2.18. The Morgan fingerprint density at radius 2 is 2.11 bits per heavy atom. The molecule has 1 saturated carbocycles. The van der Waals surface area contributed by atoms with Gasteiger partial charge in [0.2, 0.25) is 0 Å². The van der Waals surface area contributed by atoms with Crippen molar-refractivity contribution in [1.82, 2.24) is 16.0 Å². The zero-order valence-corrected chi connectivity index (χ0v) is 17.6. The Bertz CT molecular complexity index is 680. The number of aliphatic hydroxyl groups is 1. The van der Waals surface area contributed by atoms with Crippen LogP contribution in [0.2, 0.25) is 0 Å². The Balaban J connectivity index is 1.99. The van der Waals surface area contributed by atoms with Gasteiger partial charge >= 0.3 is 6.09 Å². The number of rotatable bonds is 9. The minimum atomic E-state index is -1.14. The largest absolute Gasteiger partial charge is 0.466 e. The molecule has 8 nitrogen and oxygen atoms in total. The molecule has 1 aromatic heterocycles. The smallest absolute Gasteiger partial charge is 0.407 e. The fourth-order valence-corrected chi connectivity index (χ4v) is 3.19. The quantitative estimate of drug-likeness (QED) is 0.378. The van der Waals surface area contributed by atoms with Crippen molar-refractivity contribution < 1.29 is 19.1 Å². The Hall–Kier alpha value is -2.22. The summed E-state index contributed by atoms with van der Waals surface area (Å²) in [5.41, 5.74) is -0.395. The third-order valence-corrected chi connectivity index (χ3v) is 4.77. The summed E-state index contributed by atoms with van der Waals surface area (Å²) in [7, 11) is 0. The number of hydrogen-bond donors (Lipinski definition) is 4. The number of furan rings is 1. The highest BCUT2D eigenvalue weighted by molar-refractivity contribution is 5.80. The van der Waals surface area contributed by atoms with Crippen LogP contribution in [0.25, 0.3) is 0 Å². The second-order valence-corrected chi connectivity index (χ2v) is 7.49. The van der Waals surface area contributed by atoms with Crippen LogP contribution in [0, 0.1) is 19.8 Å². The first-order valence-corrected chi connectivity index (χ1v) is 10.0. The maximum Gasteiger partial charge on any atom is 0.407 e. The molecule has 1 aliphatic rings. The highest BCUT2D eigenvalue weighted by Crippen LogP contribution is 2.32. The van der Waals surface area contributed by atoms with Gasteiger partial charge in [0.25, 0.3) is 0 Å². The number of aliphatic imine (C=N–C) groups is 1. The van der Waals surface area contributed by atoms with E-state index in [-0.39, 0.29) is 12.6 Å². The number of ether oxygens (including phenoxy) is 1. The second-order valence-electron chi connectivity index (χ2n) is 7.49. The molecule has 1 aromatic rings. The molecule has 4 N–H and O–H groups in total. The van der Waals surface area contributed by atoms with Gasteiger partial charge in [0.1, 0.15) is 17.1 Å². The summed E-state index contributed by atoms with van der Waals surface area (Å²) in [6.07, 6.45) is 1.80. The van der Waals surface area contributed by atoms with E-state index in [1.54, 1.807) is 13.8 Å². The molecule has 2 atom stereocenters. The summed E-state index contributed by atoms with van der Waals surface area (Å²) in [4.78, 5) is 16.3. The maximum absolute atomic E-state index is 11.8. The lowest BCUT2D eigenvalue weighted by atomic mass is 9.96. The molecule has 2 rings (SSSR count). The molecule has 1 fully saturated rings. The molecule has 0 saturated heterocycles. The van der Waals surface area contributed by atoms with E-state index in [4.69, 9.17) is 9.15 Å². The topological polar surface area (TPSA) is 108 Å². The summed E-state index contributed by atoms with van der Waals surface area (Å²) < 4.78 is 10.5. The summed E-state index contributed by atoms with van der Waals surface area (Å²) in [5.74, 6) is 2.51. The summed E-state index contributed by atoms with van der Waals surface area (Å²) in [5, 5.41) is 20.2. The minimum absolute atomic E-state index is 0.0119. The molecule has 1 heterocycles. The van der Waals surface area contributed by atoms with Crippen LogP contribution in [-0.4, -0.2) is 49.4 Å². The fourth-order valence-electron chi connectivity index (χ4n) is 3.19. The van der Waals surface area contributed by atoms with Crippen molar-refractivity contribution in [2.45, 2.75) is 59.1 Å². The van der Waals surface area contributed by atoms with Gasteiger partial charge < -0.3 is 30.2 Å². The third-order valence-electron chi connectivity index (χ3n) is 4.77. The summed E-state index contributed by atoms with van der Waals surface area (Å²) in [6.45, 7) is 11.0. The number of amides is 1. The zero-order chi connectivity index (χ0) is 20.7. The van der Waals surface area contributed by atoms with Crippen molar-refractivity contribution in [1.29, 1.82) is 0 Å². The molecular formula is C20H34N4O4. The first-order valence-electron chi connectivity index (χ1n) is 10.0. The van der Waals surface area contributed by atoms with Crippen LogP contribution in [0.15, 0.2) is 15.5 Å². The molecule has 1 aliphatic carbocycles. The summed E-state index contributed by atoms with van der Waals surface area (Å²) >= 11 is 0. The molecule has 0 radical (unpaired) electrons. The number of hydrogen-bond acceptors (Lipinski definition) is 5. The van der Waals surface area contributed by atoms with Crippen LogP contribution in [0.1, 0.15) is 50.7 Å². The minimum Gasteiger partial charge on any atom is -0.466 e. The molecule has 28 heavy (non-hydrogen) atoms. The average molecular weight is 395 g/mol. The van der Waals surface area contributed by atoms with Gasteiger partial charge in [-0.25, -0.2) is 9.79 Å². The van der Waals surface area contributed by atoms with E-state index in [9.17, 15) is 9.90 Å². The van der Waals surface area contributed by atoms with Gasteiger partial charge in [-0.2, -0.15) is 0 Å². The van der Waals surface area contributed by atoms with E-state index in [2.05, 4.69) is 20.9 Å². The number of alkyl carbamates (subject to hydrolysis) is 1. The molecular weight excluding hydrogens is 360 g/mol. The van der Waals surface area contributed by atoms with Crippen molar-refractivity contribution in [3.63, 3.8) is 0 Å². The Morgan fingerprint density at radius 1 is 1.39 bits per heavy atom. The van der Waals surface area contributed by atoms with Crippen molar-refractivity contribution in [3.05, 3.63) is 23.2 Å². The number of nitrogens with one attached hydrogen (secondary N) is 3. The van der Waals surface area contributed by atoms with E-state index >= 15 is 0 Å². The molecule has 0 aromatic carbocycles. The standard InChI is InChI=1S/C20H34N4O4/c1-6-21-18(22-11-17(15-8-9-15)24-19(25)27-7-2)23-12-20(5,26)16-10-13(3)28-14(16)4/h10,15,17,26H,6-9,11-12H2,1-5H3,(H,24,25)(H2,21,22,23). The number of carbonyl (C=O) groups is 1. The molecule has 0 bridgehead atoms. The molecule has 2 unspecified atom stereocenters. The molecule has 1 amide bonds. The van der Waals surface area contributed by atoms with Gasteiger partial charge in [0, 0.05) is 18.7 Å². The maximum atomic E-state index is 11.8. The van der Waals surface area contributed by atoms with Crippen LogP contribution < -0.4 is 16.0 Å². The van der Waals surface area contributed by atoms with Crippen molar-refractivity contribution in [2.24, 2.45) is 10.9 Å². The van der Waals surface area contributed by atoms with Crippen LogP contribution in [0.4, 0.5) is 4.79 Å². The monoisotopic (exact) mass is 394 g/mol. The van der Waals surface area contributed by atoms with Crippen LogP contribution in [-0.2, 0) is 10.3 Å². The van der Waals surface area contributed by atoms with Crippen LogP contribution in [0.3, 0.4) is 0 Å². The fraction of sp³-hybridized carbons (Fsp3) is 0.700. The van der Waals surface area contributed by atoms with Gasteiger partial charge in [0.05, 0.1) is 19.2 Å². The number of aryl methyl sites for hydroxylation is 2. The lowest BCUT2D eigenvalue weighted by Gasteiger charge is -2.23. The highest BCUT2D eigenvalue weighted by atomic mass is 16.5. The van der Waals surface area contributed by atoms with Crippen molar-refractivity contribution in [3.8, 4) is 0 Å². The predicted molar refractivity (Wildman–Crippen MR) is 108 cm³/mol. The molecule has 0 aliphatic heterocycles. The first kappa shape index (κ1) is 22.1. The zero-order valence-electron chi connectivity index (χ0n) is 17.6. The first-order chi connectivity index (χ1) is 13.3. The van der Waals surface area contributed by atoms with Crippen molar-refractivity contribution in [2.75, 3.05) is 26.2 Å². The van der Waals surface area contributed by atoms with E-state index in [1.807, 2.05) is 26.8 Å². The number of carbonyl (C=O) groups excluding carboxylic acids is 1. The van der Waals surface area contributed by atoms with Gasteiger partial charge in [-0.3, -0.25) is 0 Å². The lowest BCUT2D eigenvalue weighted by molar-refractivity contribution is 0.0657. The normalized spacial score (nSPS) is 17.6. The Kier molecular flexibility index (Phi) is 7.74. The van der Waals surface area contributed by atoms with Gasteiger partial charge in [-0.15, -0.1) is 0 Å². The average Bonchev–Trinajstić information content (AvgIpc) is 3.40. The van der Waals surface area contributed by atoms with Gasteiger partial charge in [-0.1, -0.05) is 0 Å². The van der Waals surface area contributed by atoms with E-state index in [0.29, 0.717) is 37.3 Å². The summed E-state index contributed by atoms with van der Waals surface area (Å²) in [6, 6.07) is 1.83.